The number of carbonyl (C=O) groups is 2. The third-order valence-corrected chi connectivity index (χ3v) is 4.05. The standard InChI is InChI=1S/C14H24O4/c1-7-10-18-12(16)14(5,9-3)13(4,8-2)11(15)17-6/h7H,1,8-10H2,2-6H3. The van der Waals surface area contributed by atoms with Gasteiger partial charge in [0.05, 0.1) is 17.9 Å². The zero-order chi connectivity index (χ0) is 14.4. The predicted octanol–water partition coefficient (Wildman–Crippen LogP) is 2.72. The molecular formula is C14H24O4. The van der Waals surface area contributed by atoms with Crippen LogP contribution in [-0.2, 0) is 19.1 Å². The minimum atomic E-state index is -0.905. The summed E-state index contributed by atoms with van der Waals surface area (Å²) in [5.41, 5.74) is -1.80. The lowest BCUT2D eigenvalue weighted by molar-refractivity contribution is -0.177. The quantitative estimate of drug-likeness (QED) is 0.519. The van der Waals surface area contributed by atoms with Crippen LogP contribution in [0.3, 0.4) is 0 Å². The molecule has 0 N–H and O–H groups in total. The maximum atomic E-state index is 12.2. The molecule has 0 aliphatic carbocycles. The molecule has 0 radical (unpaired) electrons. The largest absolute Gasteiger partial charge is 0.469 e. The Morgan fingerprint density at radius 2 is 1.56 bits per heavy atom. The number of methoxy groups -OCH3 is 1. The highest BCUT2D eigenvalue weighted by Crippen LogP contribution is 2.46. The Balaban J connectivity index is 5.39. The topological polar surface area (TPSA) is 52.6 Å². The second-order valence-corrected chi connectivity index (χ2v) is 4.75. The van der Waals surface area contributed by atoms with E-state index in [1.165, 1.54) is 13.2 Å². The van der Waals surface area contributed by atoms with Crippen molar-refractivity contribution in [2.45, 2.75) is 40.5 Å². The summed E-state index contributed by atoms with van der Waals surface area (Å²) in [6.45, 7) is 10.9. The highest BCUT2D eigenvalue weighted by molar-refractivity contribution is 5.87. The molecule has 4 heteroatoms. The molecule has 0 aromatic rings. The molecule has 0 saturated heterocycles. The van der Waals surface area contributed by atoms with E-state index >= 15 is 0 Å². The van der Waals surface area contributed by atoms with E-state index < -0.39 is 10.8 Å². The van der Waals surface area contributed by atoms with Crippen molar-refractivity contribution < 1.29 is 19.1 Å². The van der Waals surface area contributed by atoms with E-state index in [0.717, 1.165) is 0 Å². The fourth-order valence-electron chi connectivity index (χ4n) is 2.04. The van der Waals surface area contributed by atoms with Crippen LogP contribution in [0, 0.1) is 10.8 Å². The average molecular weight is 256 g/mol. The van der Waals surface area contributed by atoms with E-state index in [-0.39, 0.29) is 18.5 Å². The summed E-state index contributed by atoms with van der Waals surface area (Å²) in [6.07, 6.45) is 2.52. The van der Waals surface area contributed by atoms with Gasteiger partial charge in [-0.25, -0.2) is 0 Å². The molecule has 18 heavy (non-hydrogen) atoms. The summed E-state index contributed by atoms with van der Waals surface area (Å²) in [7, 11) is 1.33. The van der Waals surface area contributed by atoms with Gasteiger partial charge in [0.2, 0.25) is 0 Å². The van der Waals surface area contributed by atoms with E-state index in [1.807, 2.05) is 13.8 Å². The first-order chi connectivity index (χ1) is 8.33. The molecule has 0 heterocycles. The Labute approximate surface area is 109 Å². The van der Waals surface area contributed by atoms with Crippen molar-refractivity contribution in [1.29, 1.82) is 0 Å². The second kappa shape index (κ2) is 6.57. The van der Waals surface area contributed by atoms with Crippen LogP contribution in [0.2, 0.25) is 0 Å². The van der Waals surface area contributed by atoms with Crippen LogP contribution >= 0.6 is 0 Å². The first-order valence-corrected chi connectivity index (χ1v) is 6.20. The monoisotopic (exact) mass is 256 g/mol. The van der Waals surface area contributed by atoms with E-state index in [1.54, 1.807) is 13.8 Å². The molecule has 0 saturated carbocycles. The van der Waals surface area contributed by atoms with E-state index in [9.17, 15) is 9.59 Å². The van der Waals surface area contributed by atoms with Crippen molar-refractivity contribution in [2.75, 3.05) is 13.7 Å². The molecule has 0 spiro atoms. The lowest BCUT2D eigenvalue weighted by Crippen LogP contribution is -2.49. The molecular weight excluding hydrogens is 232 g/mol. The maximum Gasteiger partial charge on any atom is 0.313 e. The Kier molecular flexibility index (Phi) is 6.09. The minimum Gasteiger partial charge on any atom is -0.469 e. The lowest BCUT2D eigenvalue weighted by Gasteiger charge is -2.41. The van der Waals surface area contributed by atoms with E-state index in [4.69, 9.17) is 9.47 Å². The first-order valence-electron chi connectivity index (χ1n) is 6.20. The van der Waals surface area contributed by atoms with Crippen LogP contribution < -0.4 is 0 Å². The fourth-order valence-corrected chi connectivity index (χ4v) is 2.04. The van der Waals surface area contributed by atoms with Gasteiger partial charge in [-0.1, -0.05) is 26.5 Å². The second-order valence-electron chi connectivity index (χ2n) is 4.75. The third kappa shape index (κ3) is 2.74. The number of carbonyl (C=O) groups excluding carboxylic acids is 2. The summed E-state index contributed by atoms with van der Waals surface area (Å²) in [4.78, 5) is 24.2. The van der Waals surface area contributed by atoms with Crippen LogP contribution in [0.25, 0.3) is 0 Å². The van der Waals surface area contributed by atoms with Crippen LogP contribution in [-0.4, -0.2) is 25.7 Å². The number of ether oxygens (including phenoxy) is 2. The van der Waals surface area contributed by atoms with Gasteiger partial charge in [0.25, 0.3) is 0 Å². The van der Waals surface area contributed by atoms with Crippen LogP contribution in [0.4, 0.5) is 0 Å². The molecule has 0 fully saturated rings. The van der Waals surface area contributed by atoms with Crippen molar-refractivity contribution in [3.05, 3.63) is 12.7 Å². The fraction of sp³-hybridized carbons (Fsp3) is 0.714. The van der Waals surface area contributed by atoms with Crippen molar-refractivity contribution in [3.63, 3.8) is 0 Å². The van der Waals surface area contributed by atoms with Gasteiger partial charge >= 0.3 is 11.9 Å². The van der Waals surface area contributed by atoms with Gasteiger partial charge in [-0.3, -0.25) is 9.59 Å². The zero-order valence-corrected chi connectivity index (χ0v) is 12.0. The first kappa shape index (κ1) is 16.7. The predicted molar refractivity (Wildman–Crippen MR) is 70.0 cm³/mol. The Hall–Kier alpha value is -1.32. The maximum absolute atomic E-state index is 12.2. The Morgan fingerprint density at radius 3 is 1.89 bits per heavy atom. The molecule has 104 valence electrons. The molecule has 0 rings (SSSR count). The zero-order valence-electron chi connectivity index (χ0n) is 12.0. The normalized spacial score (nSPS) is 17.2. The van der Waals surface area contributed by atoms with Gasteiger partial charge in [0.15, 0.2) is 0 Å². The summed E-state index contributed by atoms with van der Waals surface area (Å²) < 4.78 is 9.97. The van der Waals surface area contributed by atoms with E-state index in [2.05, 4.69) is 6.58 Å². The van der Waals surface area contributed by atoms with Crippen molar-refractivity contribution in [3.8, 4) is 0 Å². The molecule has 0 bridgehead atoms. The van der Waals surface area contributed by atoms with Crippen LogP contribution in [0.1, 0.15) is 40.5 Å². The molecule has 4 nitrogen and oxygen atoms in total. The van der Waals surface area contributed by atoms with Gasteiger partial charge in [-0.05, 0) is 26.7 Å². The summed E-state index contributed by atoms with van der Waals surface area (Å²) in [6, 6.07) is 0. The Bertz CT molecular complexity index is 324. The summed E-state index contributed by atoms with van der Waals surface area (Å²) >= 11 is 0. The number of rotatable bonds is 7. The van der Waals surface area contributed by atoms with Gasteiger partial charge in [-0.15, -0.1) is 0 Å². The van der Waals surface area contributed by atoms with Gasteiger partial charge < -0.3 is 9.47 Å². The highest BCUT2D eigenvalue weighted by atomic mass is 16.5. The molecule has 0 aromatic heterocycles. The summed E-state index contributed by atoms with van der Waals surface area (Å²) in [5, 5.41) is 0. The molecule has 0 aromatic carbocycles. The van der Waals surface area contributed by atoms with Gasteiger partial charge in [-0.2, -0.15) is 0 Å². The number of hydrogen-bond acceptors (Lipinski definition) is 4. The summed E-state index contributed by atoms with van der Waals surface area (Å²) in [5.74, 6) is -0.774. The van der Waals surface area contributed by atoms with Gasteiger partial charge in [0.1, 0.15) is 6.61 Å². The molecule has 0 aliphatic heterocycles. The van der Waals surface area contributed by atoms with Crippen molar-refractivity contribution in [2.24, 2.45) is 10.8 Å². The van der Waals surface area contributed by atoms with Crippen molar-refractivity contribution in [1.82, 2.24) is 0 Å². The lowest BCUT2D eigenvalue weighted by atomic mass is 9.62. The third-order valence-electron chi connectivity index (χ3n) is 4.05. The Morgan fingerprint density at radius 1 is 1.11 bits per heavy atom. The van der Waals surface area contributed by atoms with Crippen molar-refractivity contribution >= 4 is 11.9 Å². The van der Waals surface area contributed by atoms with Crippen LogP contribution in [0.15, 0.2) is 12.7 Å². The average Bonchev–Trinajstić information content (AvgIpc) is 2.41. The molecule has 0 amide bonds. The molecule has 2 atom stereocenters. The highest BCUT2D eigenvalue weighted by Gasteiger charge is 2.54. The SMILES string of the molecule is C=CCOC(=O)C(C)(CC)C(C)(CC)C(=O)OC. The number of esters is 2. The molecule has 2 unspecified atom stereocenters. The minimum absolute atomic E-state index is 0.148. The van der Waals surface area contributed by atoms with Gasteiger partial charge in [0, 0.05) is 0 Å². The van der Waals surface area contributed by atoms with E-state index in [0.29, 0.717) is 12.8 Å². The smallest absolute Gasteiger partial charge is 0.313 e. The number of hydrogen-bond donors (Lipinski definition) is 0. The van der Waals surface area contributed by atoms with Crippen LogP contribution in [0.5, 0.6) is 0 Å². The molecule has 0 aliphatic rings.